The number of halogens is 1. The van der Waals surface area contributed by atoms with Gasteiger partial charge in [0.25, 0.3) is 11.1 Å². The Balaban J connectivity index is 1.74. The zero-order valence-electron chi connectivity index (χ0n) is 12.7. The smallest absolute Gasteiger partial charge is 0.277 e. The summed E-state index contributed by atoms with van der Waals surface area (Å²) in [5, 5.41) is 17.0. The molecule has 0 spiro atoms. The maximum Gasteiger partial charge on any atom is 0.277 e. The molecule has 0 aliphatic heterocycles. The van der Waals surface area contributed by atoms with Crippen LogP contribution in [0.15, 0.2) is 52.1 Å². The summed E-state index contributed by atoms with van der Waals surface area (Å²) in [6, 6.07) is 13.6. The minimum Gasteiger partial charge on any atom is -0.496 e. The van der Waals surface area contributed by atoms with Crippen LogP contribution in [0.3, 0.4) is 0 Å². The van der Waals surface area contributed by atoms with Crippen LogP contribution in [0, 0.1) is 17.1 Å². The summed E-state index contributed by atoms with van der Waals surface area (Å²) in [6.45, 7) is 0. The predicted octanol–water partition coefficient (Wildman–Crippen LogP) is 4.05. The Morgan fingerprint density at radius 1 is 1.25 bits per heavy atom. The van der Waals surface area contributed by atoms with E-state index in [1.165, 1.54) is 17.8 Å². The quantitative estimate of drug-likeness (QED) is 0.652. The van der Waals surface area contributed by atoms with Gasteiger partial charge in [-0.15, -0.1) is 10.2 Å². The van der Waals surface area contributed by atoms with Crippen LogP contribution >= 0.6 is 11.8 Å². The van der Waals surface area contributed by atoms with Crippen molar-refractivity contribution in [2.45, 2.75) is 11.0 Å². The van der Waals surface area contributed by atoms with E-state index in [9.17, 15) is 4.39 Å². The lowest BCUT2D eigenvalue weighted by molar-refractivity contribution is 0.411. The Bertz CT molecular complexity index is 905. The third-order valence-corrected chi connectivity index (χ3v) is 4.14. The van der Waals surface area contributed by atoms with Crippen molar-refractivity contribution in [3.63, 3.8) is 0 Å². The number of ether oxygens (including phenoxy) is 1. The van der Waals surface area contributed by atoms with E-state index in [-0.39, 0.29) is 5.56 Å². The lowest BCUT2D eigenvalue weighted by atomic mass is 10.1. The molecule has 0 atom stereocenters. The number of thioether (sulfide) groups is 1. The zero-order chi connectivity index (χ0) is 16.9. The molecule has 1 heterocycles. The van der Waals surface area contributed by atoms with E-state index in [1.807, 2.05) is 24.3 Å². The molecule has 3 aromatic rings. The number of hydrogen-bond acceptors (Lipinski definition) is 6. The molecule has 0 unspecified atom stereocenters. The first-order valence-electron chi connectivity index (χ1n) is 6.99. The van der Waals surface area contributed by atoms with Gasteiger partial charge in [-0.3, -0.25) is 0 Å². The van der Waals surface area contributed by atoms with Crippen LogP contribution in [-0.2, 0) is 5.75 Å². The highest BCUT2D eigenvalue weighted by Gasteiger charge is 2.14. The Morgan fingerprint density at radius 2 is 2.08 bits per heavy atom. The molecule has 120 valence electrons. The number of hydrogen-bond donors (Lipinski definition) is 0. The van der Waals surface area contributed by atoms with Gasteiger partial charge in [0.1, 0.15) is 11.6 Å². The highest BCUT2D eigenvalue weighted by molar-refractivity contribution is 7.98. The molecule has 5 nitrogen and oxygen atoms in total. The molecular formula is C17H12FN3O2S. The first kappa shape index (κ1) is 16.0. The molecule has 0 amide bonds. The van der Waals surface area contributed by atoms with Gasteiger partial charge in [0.15, 0.2) is 0 Å². The van der Waals surface area contributed by atoms with Crippen molar-refractivity contribution in [1.82, 2.24) is 10.2 Å². The number of nitrogens with zero attached hydrogens (tertiary/aromatic N) is 3. The zero-order valence-corrected chi connectivity index (χ0v) is 13.5. The Morgan fingerprint density at radius 3 is 2.83 bits per heavy atom. The van der Waals surface area contributed by atoms with Gasteiger partial charge in [0.05, 0.1) is 24.3 Å². The molecule has 0 saturated heterocycles. The summed E-state index contributed by atoms with van der Waals surface area (Å²) in [6.07, 6.45) is 0. The normalized spacial score (nSPS) is 10.4. The van der Waals surface area contributed by atoms with Gasteiger partial charge in [0, 0.05) is 5.75 Å². The lowest BCUT2D eigenvalue weighted by Gasteiger charge is -2.03. The second-order valence-corrected chi connectivity index (χ2v) is 5.71. The number of methoxy groups -OCH3 is 1. The largest absolute Gasteiger partial charge is 0.496 e. The average molecular weight is 341 g/mol. The van der Waals surface area contributed by atoms with Gasteiger partial charge >= 0.3 is 0 Å². The maximum atomic E-state index is 13.9. The SMILES string of the molecule is COc1ccccc1-c1nnc(SCc2ccc(C#N)cc2F)o1. The minimum absolute atomic E-state index is 0.289. The van der Waals surface area contributed by atoms with Crippen LogP contribution in [0.5, 0.6) is 5.75 Å². The highest BCUT2D eigenvalue weighted by Crippen LogP contribution is 2.31. The van der Waals surface area contributed by atoms with Gasteiger partial charge in [-0.05, 0) is 29.8 Å². The molecule has 2 aromatic carbocycles. The van der Waals surface area contributed by atoms with Crippen molar-refractivity contribution < 1.29 is 13.5 Å². The third-order valence-electron chi connectivity index (χ3n) is 3.28. The number of benzene rings is 2. The van der Waals surface area contributed by atoms with E-state index in [0.717, 1.165) is 0 Å². The molecule has 0 N–H and O–H groups in total. The van der Waals surface area contributed by atoms with Crippen LogP contribution < -0.4 is 4.74 Å². The first-order valence-corrected chi connectivity index (χ1v) is 7.98. The van der Waals surface area contributed by atoms with Crippen LogP contribution in [-0.4, -0.2) is 17.3 Å². The average Bonchev–Trinajstić information content (AvgIpc) is 3.09. The molecule has 0 bridgehead atoms. The van der Waals surface area contributed by atoms with Crippen molar-refractivity contribution in [3.05, 3.63) is 59.4 Å². The van der Waals surface area contributed by atoms with Crippen molar-refractivity contribution >= 4 is 11.8 Å². The van der Waals surface area contributed by atoms with Gasteiger partial charge in [-0.1, -0.05) is 30.0 Å². The Labute approximate surface area is 142 Å². The highest BCUT2D eigenvalue weighted by atomic mass is 32.2. The van der Waals surface area contributed by atoms with E-state index >= 15 is 0 Å². The summed E-state index contributed by atoms with van der Waals surface area (Å²) < 4.78 is 24.7. The Hall–Kier alpha value is -2.85. The summed E-state index contributed by atoms with van der Waals surface area (Å²) in [5.41, 5.74) is 1.46. The second kappa shape index (κ2) is 7.15. The third kappa shape index (κ3) is 3.39. The van der Waals surface area contributed by atoms with Gasteiger partial charge in [-0.25, -0.2) is 4.39 Å². The fourth-order valence-corrected chi connectivity index (χ4v) is 2.82. The second-order valence-electron chi connectivity index (χ2n) is 4.78. The van der Waals surface area contributed by atoms with Crippen molar-refractivity contribution in [2.75, 3.05) is 7.11 Å². The molecule has 0 aliphatic carbocycles. The number of rotatable bonds is 5. The molecule has 0 fully saturated rings. The fourth-order valence-electron chi connectivity index (χ4n) is 2.07. The summed E-state index contributed by atoms with van der Waals surface area (Å²) in [4.78, 5) is 0. The molecule has 24 heavy (non-hydrogen) atoms. The summed E-state index contributed by atoms with van der Waals surface area (Å²) >= 11 is 1.23. The minimum atomic E-state index is -0.425. The van der Waals surface area contributed by atoms with E-state index in [4.69, 9.17) is 14.4 Å². The Kier molecular flexibility index (Phi) is 4.77. The van der Waals surface area contributed by atoms with Crippen LogP contribution in [0.2, 0.25) is 0 Å². The molecular weight excluding hydrogens is 329 g/mol. The van der Waals surface area contributed by atoms with Gasteiger partial charge in [0.2, 0.25) is 0 Å². The van der Waals surface area contributed by atoms with Crippen molar-refractivity contribution in [1.29, 1.82) is 5.26 Å². The number of aromatic nitrogens is 2. The molecule has 3 rings (SSSR count). The molecule has 0 radical (unpaired) electrons. The molecule has 1 aromatic heterocycles. The fraction of sp³-hybridized carbons (Fsp3) is 0.118. The first-order chi connectivity index (χ1) is 11.7. The number of nitriles is 1. The van der Waals surface area contributed by atoms with Crippen LogP contribution in [0.1, 0.15) is 11.1 Å². The molecule has 0 aliphatic rings. The van der Waals surface area contributed by atoms with Gasteiger partial charge < -0.3 is 9.15 Å². The van der Waals surface area contributed by atoms with Crippen molar-refractivity contribution in [3.8, 4) is 23.3 Å². The van der Waals surface area contributed by atoms with Crippen LogP contribution in [0.4, 0.5) is 4.39 Å². The topological polar surface area (TPSA) is 71.9 Å². The van der Waals surface area contributed by atoms with Crippen LogP contribution in [0.25, 0.3) is 11.5 Å². The lowest BCUT2D eigenvalue weighted by Crippen LogP contribution is -1.89. The standard InChI is InChI=1S/C17H12FN3O2S/c1-22-15-5-3-2-4-13(15)16-20-21-17(23-16)24-10-12-7-6-11(9-19)8-14(12)18/h2-8H,10H2,1H3. The van der Waals surface area contributed by atoms with Crippen molar-refractivity contribution in [2.24, 2.45) is 0 Å². The van der Waals surface area contributed by atoms with E-state index in [2.05, 4.69) is 10.2 Å². The van der Waals surface area contributed by atoms with E-state index in [1.54, 1.807) is 25.3 Å². The monoisotopic (exact) mass is 341 g/mol. The summed E-state index contributed by atoms with van der Waals surface area (Å²) in [5.74, 6) is 0.877. The molecule has 0 saturated carbocycles. The van der Waals surface area contributed by atoms with Gasteiger partial charge in [-0.2, -0.15) is 5.26 Å². The predicted molar refractivity (Wildman–Crippen MR) is 87.0 cm³/mol. The molecule has 7 heteroatoms. The maximum absolute atomic E-state index is 13.9. The summed E-state index contributed by atoms with van der Waals surface area (Å²) in [7, 11) is 1.57. The number of para-hydroxylation sites is 1. The van der Waals surface area contributed by atoms with E-state index < -0.39 is 5.82 Å². The van der Waals surface area contributed by atoms with E-state index in [0.29, 0.717) is 33.7 Å².